The number of pyridine rings is 1. The normalized spacial score (nSPS) is 14.5. The van der Waals surface area contributed by atoms with Crippen molar-refractivity contribution < 1.29 is 10.9 Å². The van der Waals surface area contributed by atoms with E-state index in [1.54, 1.807) is 20.0 Å². The van der Waals surface area contributed by atoms with Crippen molar-refractivity contribution in [3.05, 3.63) is 48.6 Å². The number of halogens is 1. The highest BCUT2D eigenvalue weighted by molar-refractivity contribution is 7.80. The summed E-state index contributed by atoms with van der Waals surface area (Å²) in [5.74, 6) is -0.301. The van der Waals surface area contributed by atoms with E-state index < -0.39 is 11.6 Å². The number of nitrogens with one attached hydrogen (secondary N) is 1. The van der Waals surface area contributed by atoms with Gasteiger partial charge < -0.3 is 26.0 Å². The fourth-order valence-corrected chi connectivity index (χ4v) is 2.63. The molecule has 7 nitrogen and oxygen atoms in total. The Morgan fingerprint density at radius 2 is 2.07 bits per heavy atom. The molecule has 1 aliphatic heterocycles. The van der Waals surface area contributed by atoms with E-state index >= 15 is 0 Å². The van der Waals surface area contributed by atoms with Crippen molar-refractivity contribution in [2.45, 2.75) is 13.3 Å². The number of rotatable bonds is 4. The molecule has 2 heterocycles. The number of hydrogen-bond acceptors (Lipinski definition) is 5. The summed E-state index contributed by atoms with van der Waals surface area (Å²) in [6.07, 6.45) is 7.25. The minimum atomic E-state index is -0.738. The largest absolute Gasteiger partial charge is 0.503 e. The zero-order chi connectivity index (χ0) is 21.1. The minimum Gasteiger partial charge on any atom is -0.503 e. The lowest BCUT2D eigenvalue weighted by Crippen LogP contribution is -2.51. The molecule has 154 valence electrons. The molecule has 1 fully saturated rings. The van der Waals surface area contributed by atoms with Crippen LogP contribution in [0.4, 0.5) is 4.39 Å². The van der Waals surface area contributed by atoms with Gasteiger partial charge in [0.25, 0.3) is 0 Å². The first kappa shape index (κ1) is 23.2. The van der Waals surface area contributed by atoms with Crippen LogP contribution < -0.4 is 5.73 Å². The predicted octanol–water partition coefficient (Wildman–Crippen LogP) is 2.57. The summed E-state index contributed by atoms with van der Waals surface area (Å²) in [5.41, 5.74) is 5.74. The maximum Gasteiger partial charge on any atom is 0.179 e. The van der Waals surface area contributed by atoms with Crippen LogP contribution in [0.2, 0.25) is 0 Å². The van der Waals surface area contributed by atoms with Gasteiger partial charge in [0, 0.05) is 40.9 Å². The summed E-state index contributed by atoms with van der Waals surface area (Å²) >= 11 is 4.95. The van der Waals surface area contributed by atoms with Gasteiger partial charge in [-0.2, -0.15) is 0 Å². The van der Waals surface area contributed by atoms with Crippen molar-refractivity contribution in [3.63, 3.8) is 0 Å². The Kier molecular flexibility index (Phi) is 9.80. The number of aromatic hydroxyl groups is 1. The summed E-state index contributed by atoms with van der Waals surface area (Å²) in [6.45, 7) is 8.89. The second-order valence-corrected chi connectivity index (χ2v) is 6.23. The zero-order valence-electron chi connectivity index (χ0n) is 16.2. The number of nitrogens with two attached hydrogens (primary N) is 1. The van der Waals surface area contributed by atoms with Gasteiger partial charge in [-0.3, -0.25) is 9.98 Å². The lowest BCUT2D eigenvalue weighted by atomic mass is 10.2. The standard InChI is InChI=1S/C11H18N4S.C8H9FN2O.H2/c1-3-4-5-10(13-2)14-6-8-15(9-7-14)11(12)16;1-2-6(10)7-8(12)5(9)3-4-11-7;/h3-5H,1,6-9H2,2H3,(H2,12,16);3-4,10,12H,2H2,1H3;1H/b5-4-,13-10?;;. The predicted molar refractivity (Wildman–Crippen MR) is 118 cm³/mol. The van der Waals surface area contributed by atoms with E-state index in [1.807, 2.05) is 17.1 Å². The molecule has 4 N–H and O–H groups in total. The molecular weight excluding hydrogens is 379 g/mol. The topological polar surface area (TPSA) is 102 Å². The Labute approximate surface area is 172 Å². The average Bonchev–Trinajstić information content (AvgIpc) is 2.71. The van der Waals surface area contributed by atoms with Gasteiger partial charge in [-0.05, 0) is 30.8 Å². The van der Waals surface area contributed by atoms with Gasteiger partial charge in [-0.1, -0.05) is 25.7 Å². The number of amidine groups is 1. The first-order valence-corrected chi connectivity index (χ1v) is 9.22. The number of allylic oxidation sites excluding steroid dienone is 2. The van der Waals surface area contributed by atoms with Crippen molar-refractivity contribution in [1.29, 1.82) is 5.41 Å². The van der Waals surface area contributed by atoms with Gasteiger partial charge in [0.05, 0.1) is 5.71 Å². The van der Waals surface area contributed by atoms with Gasteiger partial charge in [0.2, 0.25) is 0 Å². The number of piperazine rings is 1. The van der Waals surface area contributed by atoms with Crippen LogP contribution in [0.1, 0.15) is 20.5 Å². The molecule has 0 radical (unpaired) electrons. The van der Waals surface area contributed by atoms with Crippen molar-refractivity contribution in [1.82, 2.24) is 14.8 Å². The van der Waals surface area contributed by atoms with Crippen LogP contribution in [0.5, 0.6) is 5.75 Å². The van der Waals surface area contributed by atoms with Gasteiger partial charge in [-0.15, -0.1) is 0 Å². The maximum absolute atomic E-state index is 12.7. The molecule has 0 aromatic carbocycles. The van der Waals surface area contributed by atoms with Gasteiger partial charge >= 0.3 is 0 Å². The molecule has 1 saturated heterocycles. The Balaban J connectivity index is 0.000000542. The molecular formula is C19H29FN6OS. The Hall–Kier alpha value is -2.81. The van der Waals surface area contributed by atoms with Crippen molar-refractivity contribution >= 4 is 28.9 Å². The lowest BCUT2D eigenvalue weighted by Gasteiger charge is -2.36. The van der Waals surface area contributed by atoms with Crippen LogP contribution in [0, 0.1) is 11.2 Å². The number of aromatic nitrogens is 1. The van der Waals surface area contributed by atoms with Crippen LogP contribution in [-0.4, -0.2) is 69.8 Å². The monoisotopic (exact) mass is 408 g/mol. The van der Waals surface area contributed by atoms with Crippen molar-refractivity contribution in [3.8, 4) is 5.75 Å². The van der Waals surface area contributed by atoms with Gasteiger partial charge in [0.15, 0.2) is 16.7 Å². The molecule has 28 heavy (non-hydrogen) atoms. The maximum atomic E-state index is 12.7. The van der Waals surface area contributed by atoms with E-state index in [0.717, 1.165) is 38.1 Å². The molecule has 0 atom stereocenters. The van der Waals surface area contributed by atoms with E-state index in [2.05, 4.69) is 21.5 Å². The van der Waals surface area contributed by atoms with Gasteiger partial charge in [-0.25, -0.2) is 4.39 Å². The van der Waals surface area contributed by atoms with E-state index in [0.29, 0.717) is 11.5 Å². The van der Waals surface area contributed by atoms with E-state index in [1.165, 1.54) is 6.20 Å². The van der Waals surface area contributed by atoms with E-state index in [9.17, 15) is 4.39 Å². The number of aliphatic imine (C=N–C) groups is 1. The first-order chi connectivity index (χ1) is 13.3. The number of hydrogen-bond donors (Lipinski definition) is 3. The van der Waals surface area contributed by atoms with Crippen LogP contribution in [0.3, 0.4) is 0 Å². The van der Waals surface area contributed by atoms with E-state index in [4.69, 9.17) is 28.5 Å². The summed E-state index contributed by atoms with van der Waals surface area (Å²) in [7, 11) is 1.79. The molecule has 0 amide bonds. The second kappa shape index (κ2) is 11.8. The molecule has 0 unspecified atom stereocenters. The fraction of sp³-hybridized carbons (Fsp3) is 0.368. The molecule has 9 heteroatoms. The molecule has 0 saturated carbocycles. The third-order valence-electron chi connectivity index (χ3n) is 4.04. The number of thiocarbonyl (C=S) groups is 1. The number of nitrogens with zero attached hydrogens (tertiary/aromatic N) is 4. The molecule has 1 aliphatic rings. The van der Waals surface area contributed by atoms with Crippen LogP contribution >= 0.6 is 12.2 Å². The smallest absolute Gasteiger partial charge is 0.179 e. The van der Waals surface area contributed by atoms with Gasteiger partial charge in [0.1, 0.15) is 11.5 Å². The van der Waals surface area contributed by atoms with Crippen LogP contribution in [-0.2, 0) is 0 Å². The molecule has 0 bridgehead atoms. The third kappa shape index (κ3) is 6.73. The van der Waals surface area contributed by atoms with Crippen LogP contribution in [0.15, 0.2) is 42.1 Å². The molecule has 1 aromatic rings. The van der Waals surface area contributed by atoms with Crippen molar-refractivity contribution in [2.75, 3.05) is 33.2 Å². The summed E-state index contributed by atoms with van der Waals surface area (Å²) < 4.78 is 12.7. The Morgan fingerprint density at radius 3 is 2.57 bits per heavy atom. The molecule has 0 spiro atoms. The summed E-state index contributed by atoms with van der Waals surface area (Å²) in [4.78, 5) is 12.2. The summed E-state index contributed by atoms with van der Waals surface area (Å²) in [5, 5.41) is 16.9. The molecule has 2 rings (SSSR count). The highest BCUT2D eigenvalue weighted by atomic mass is 32.1. The third-order valence-corrected chi connectivity index (χ3v) is 4.30. The Morgan fingerprint density at radius 1 is 1.46 bits per heavy atom. The zero-order valence-corrected chi connectivity index (χ0v) is 17.0. The summed E-state index contributed by atoms with van der Waals surface area (Å²) in [6, 6.07) is 1.06. The van der Waals surface area contributed by atoms with Crippen molar-refractivity contribution in [2.24, 2.45) is 10.7 Å². The molecule has 1 aromatic heterocycles. The minimum absolute atomic E-state index is 0. The first-order valence-electron chi connectivity index (χ1n) is 8.82. The quantitative estimate of drug-likeness (QED) is 0.306. The Bertz CT molecular complexity index is 763. The van der Waals surface area contributed by atoms with Crippen LogP contribution in [0.25, 0.3) is 0 Å². The molecule has 0 aliphatic carbocycles. The second-order valence-electron chi connectivity index (χ2n) is 5.81. The lowest BCUT2D eigenvalue weighted by molar-refractivity contribution is 0.261. The highest BCUT2D eigenvalue weighted by Crippen LogP contribution is 2.19. The van der Waals surface area contributed by atoms with E-state index in [-0.39, 0.29) is 12.8 Å². The fourth-order valence-electron chi connectivity index (χ4n) is 2.45. The average molecular weight is 409 g/mol. The SMILES string of the molecule is C=C/C=C\C(=NC)N1CCN(C(N)=S)CC1.CCC(=N)c1nccc(F)c1O.[HH]. The highest BCUT2D eigenvalue weighted by Gasteiger charge is 2.18.